The van der Waals surface area contributed by atoms with Crippen molar-refractivity contribution in [2.24, 2.45) is 0 Å². The molecule has 3 rings (SSSR count). The van der Waals surface area contributed by atoms with Crippen LogP contribution >= 0.6 is 0 Å². The van der Waals surface area contributed by atoms with Crippen LogP contribution in [0.15, 0.2) is 24.3 Å². The van der Waals surface area contributed by atoms with Crippen LogP contribution in [0.2, 0.25) is 0 Å². The Morgan fingerprint density at radius 1 is 1.35 bits per heavy atom. The zero-order valence-electron chi connectivity index (χ0n) is 13.4. The normalized spacial score (nSPS) is 13.8. The molecule has 122 valence electrons. The fourth-order valence-corrected chi connectivity index (χ4v) is 2.65. The van der Waals surface area contributed by atoms with Gasteiger partial charge in [-0.2, -0.15) is 5.10 Å². The predicted molar refractivity (Wildman–Crippen MR) is 85.5 cm³/mol. The topological polar surface area (TPSA) is 76.2 Å². The number of carbonyl (C=O) groups is 1. The number of aromatic amines is 1. The molecule has 2 heterocycles. The Kier molecular flexibility index (Phi) is 4.50. The molecule has 0 saturated carbocycles. The molecule has 1 atom stereocenters. The molecule has 0 saturated heterocycles. The summed E-state index contributed by atoms with van der Waals surface area (Å²) in [5, 5.41) is 10.1. The van der Waals surface area contributed by atoms with Crippen LogP contribution in [0.4, 0.5) is 0 Å². The van der Waals surface area contributed by atoms with Crippen LogP contribution < -0.4 is 14.8 Å². The van der Waals surface area contributed by atoms with E-state index in [2.05, 4.69) is 15.5 Å². The van der Waals surface area contributed by atoms with E-state index < -0.39 is 0 Å². The smallest absolute Gasteiger partial charge is 0.231 e. The number of hydrogen-bond donors (Lipinski definition) is 2. The SMILES string of the molecule is Cc1cc(CC(C)NC(=O)CCc2ccc3c(c2)OCO3)n[nH]1. The number of nitrogens with one attached hydrogen (secondary N) is 2. The van der Waals surface area contributed by atoms with E-state index >= 15 is 0 Å². The third-order valence-corrected chi connectivity index (χ3v) is 3.76. The average Bonchev–Trinajstić information content (AvgIpc) is 3.13. The zero-order chi connectivity index (χ0) is 16.2. The number of aromatic nitrogens is 2. The van der Waals surface area contributed by atoms with Crippen LogP contribution in [0.3, 0.4) is 0 Å². The fraction of sp³-hybridized carbons (Fsp3) is 0.412. The van der Waals surface area contributed by atoms with Crippen molar-refractivity contribution in [3.63, 3.8) is 0 Å². The van der Waals surface area contributed by atoms with Crippen molar-refractivity contribution >= 4 is 5.91 Å². The second-order valence-electron chi connectivity index (χ2n) is 5.90. The number of rotatable bonds is 6. The number of H-pyrrole nitrogens is 1. The third kappa shape index (κ3) is 4.03. The van der Waals surface area contributed by atoms with E-state index in [1.54, 1.807) is 0 Å². The van der Waals surface area contributed by atoms with E-state index in [0.717, 1.165) is 34.9 Å². The molecule has 6 nitrogen and oxygen atoms in total. The summed E-state index contributed by atoms with van der Waals surface area (Å²) in [6, 6.07) is 7.84. The quantitative estimate of drug-likeness (QED) is 0.856. The second-order valence-corrected chi connectivity index (χ2v) is 5.90. The lowest BCUT2D eigenvalue weighted by molar-refractivity contribution is -0.121. The molecular formula is C17H21N3O3. The van der Waals surface area contributed by atoms with Gasteiger partial charge in [0.25, 0.3) is 0 Å². The summed E-state index contributed by atoms with van der Waals surface area (Å²) in [5.74, 6) is 1.56. The molecule has 2 N–H and O–H groups in total. The summed E-state index contributed by atoms with van der Waals surface area (Å²) in [4.78, 5) is 12.1. The lowest BCUT2D eigenvalue weighted by Crippen LogP contribution is -2.34. The Balaban J connectivity index is 1.45. The van der Waals surface area contributed by atoms with Gasteiger partial charge in [-0.05, 0) is 44.0 Å². The number of amides is 1. The first-order valence-electron chi connectivity index (χ1n) is 7.79. The Bertz CT molecular complexity index is 696. The van der Waals surface area contributed by atoms with Crippen molar-refractivity contribution in [3.8, 4) is 11.5 Å². The van der Waals surface area contributed by atoms with Crippen LogP contribution in [0, 0.1) is 6.92 Å². The molecule has 0 fully saturated rings. The molecule has 1 amide bonds. The average molecular weight is 315 g/mol. The summed E-state index contributed by atoms with van der Waals surface area (Å²) >= 11 is 0. The first-order valence-corrected chi connectivity index (χ1v) is 7.79. The minimum atomic E-state index is 0.0439. The van der Waals surface area contributed by atoms with Crippen molar-refractivity contribution in [2.45, 2.75) is 39.2 Å². The highest BCUT2D eigenvalue weighted by Crippen LogP contribution is 2.32. The van der Waals surface area contributed by atoms with E-state index in [-0.39, 0.29) is 18.7 Å². The molecule has 0 radical (unpaired) electrons. The number of carbonyl (C=O) groups excluding carboxylic acids is 1. The molecular weight excluding hydrogens is 294 g/mol. The maximum absolute atomic E-state index is 12.1. The van der Waals surface area contributed by atoms with Gasteiger partial charge < -0.3 is 14.8 Å². The Labute approximate surface area is 135 Å². The molecule has 1 aromatic carbocycles. The summed E-state index contributed by atoms with van der Waals surface area (Å²) in [6.45, 7) is 4.22. The van der Waals surface area contributed by atoms with Gasteiger partial charge >= 0.3 is 0 Å². The predicted octanol–water partition coefficient (Wildman–Crippen LogP) is 2.13. The zero-order valence-corrected chi connectivity index (χ0v) is 13.4. The van der Waals surface area contributed by atoms with Gasteiger partial charge in [-0.15, -0.1) is 0 Å². The standard InChI is InChI=1S/C17H21N3O3/c1-11(7-14-8-12(2)19-20-14)18-17(21)6-4-13-3-5-15-16(9-13)23-10-22-15/h3,5,8-9,11H,4,6-7,10H2,1-2H3,(H,18,21)(H,19,20). The molecule has 1 aromatic heterocycles. The molecule has 6 heteroatoms. The molecule has 1 unspecified atom stereocenters. The van der Waals surface area contributed by atoms with Gasteiger partial charge in [-0.1, -0.05) is 6.07 Å². The van der Waals surface area contributed by atoms with Crippen LogP contribution in [0.5, 0.6) is 11.5 Å². The van der Waals surface area contributed by atoms with Gasteiger partial charge in [0.1, 0.15) is 0 Å². The van der Waals surface area contributed by atoms with Crippen LogP contribution in [-0.2, 0) is 17.6 Å². The Hall–Kier alpha value is -2.50. The lowest BCUT2D eigenvalue weighted by atomic mass is 10.1. The summed E-state index contributed by atoms with van der Waals surface area (Å²) in [6.07, 6.45) is 1.85. The minimum Gasteiger partial charge on any atom is -0.454 e. The number of ether oxygens (including phenoxy) is 2. The highest BCUT2D eigenvalue weighted by Gasteiger charge is 2.14. The number of fused-ring (bicyclic) bond motifs is 1. The maximum atomic E-state index is 12.1. The van der Waals surface area contributed by atoms with Gasteiger partial charge in [0.05, 0.1) is 5.69 Å². The molecule has 2 aromatic rings. The number of hydrogen-bond acceptors (Lipinski definition) is 4. The van der Waals surface area contributed by atoms with Crippen molar-refractivity contribution in [1.29, 1.82) is 0 Å². The molecule has 23 heavy (non-hydrogen) atoms. The number of benzene rings is 1. The first kappa shape index (κ1) is 15.4. The number of aryl methyl sites for hydroxylation is 2. The van der Waals surface area contributed by atoms with Gasteiger partial charge in [-0.25, -0.2) is 0 Å². The van der Waals surface area contributed by atoms with E-state index in [0.29, 0.717) is 12.8 Å². The van der Waals surface area contributed by atoms with Crippen molar-refractivity contribution < 1.29 is 14.3 Å². The van der Waals surface area contributed by atoms with Gasteiger partial charge in [-0.3, -0.25) is 9.89 Å². The van der Waals surface area contributed by atoms with E-state index in [9.17, 15) is 4.79 Å². The lowest BCUT2D eigenvalue weighted by Gasteiger charge is -2.12. The van der Waals surface area contributed by atoms with Crippen LogP contribution in [0.1, 0.15) is 30.3 Å². The molecule has 1 aliphatic heterocycles. The van der Waals surface area contributed by atoms with Crippen molar-refractivity contribution in [2.75, 3.05) is 6.79 Å². The largest absolute Gasteiger partial charge is 0.454 e. The second kappa shape index (κ2) is 6.73. The Morgan fingerprint density at radius 2 is 2.17 bits per heavy atom. The monoisotopic (exact) mass is 315 g/mol. The molecule has 1 aliphatic rings. The van der Waals surface area contributed by atoms with Crippen molar-refractivity contribution in [1.82, 2.24) is 15.5 Å². The molecule has 0 bridgehead atoms. The van der Waals surface area contributed by atoms with Crippen LogP contribution in [0.25, 0.3) is 0 Å². The molecule has 0 aliphatic carbocycles. The fourth-order valence-electron chi connectivity index (χ4n) is 2.65. The first-order chi connectivity index (χ1) is 11.1. The van der Waals surface area contributed by atoms with Gasteiger partial charge in [0.15, 0.2) is 11.5 Å². The van der Waals surface area contributed by atoms with Gasteiger partial charge in [0, 0.05) is 24.6 Å². The summed E-state index contributed by atoms with van der Waals surface area (Å²) < 4.78 is 10.6. The molecule has 0 spiro atoms. The number of nitrogens with zero attached hydrogens (tertiary/aromatic N) is 1. The highest BCUT2D eigenvalue weighted by molar-refractivity contribution is 5.76. The third-order valence-electron chi connectivity index (χ3n) is 3.76. The van der Waals surface area contributed by atoms with E-state index in [1.165, 1.54) is 0 Å². The van der Waals surface area contributed by atoms with Gasteiger partial charge in [0.2, 0.25) is 12.7 Å². The summed E-state index contributed by atoms with van der Waals surface area (Å²) in [5.41, 5.74) is 3.06. The summed E-state index contributed by atoms with van der Waals surface area (Å²) in [7, 11) is 0. The van der Waals surface area contributed by atoms with E-state index in [4.69, 9.17) is 9.47 Å². The maximum Gasteiger partial charge on any atom is 0.231 e. The van der Waals surface area contributed by atoms with E-state index in [1.807, 2.05) is 38.1 Å². The Morgan fingerprint density at radius 3 is 2.96 bits per heavy atom. The minimum absolute atomic E-state index is 0.0439. The highest BCUT2D eigenvalue weighted by atomic mass is 16.7. The van der Waals surface area contributed by atoms with Crippen LogP contribution in [-0.4, -0.2) is 28.9 Å². The van der Waals surface area contributed by atoms with Crippen molar-refractivity contribution in [3.05, 3.63) is 41.2 Å².